The topological polar surface area (TPSA) is 45.5 Å². The first-order valence-electron chi connectivity index (χ1n) is 11.9. The van der Waals surface area contributed by atoms with Gasteiger partial charge in [-0.1, -0.05) is 32.2 Å². The van der Waals surface area contributed by atoms with Crippen LogP contribution in [0, 0.1) is 5.92 Å². The SMILES string of the molecule is C=CN=C(C(=C)C)C1CCCC(c2nc3ccccc3n2CC2CCNCC2)N1CC. The predicted molar refractivity (Wildman–Crippen MR) is 131 cm³/mol. The van der Waals surface area contributed by atoms with Gasteiger partial charge in [0.05, 0.1) is 28.8 Å². The Morgan fingerprint density at radius 1 is 1.23 bits per heavy atom. The fourth-order valence-electron chi connectivity index (χ4n) is 5.51. The number of aromatic nitrogens is 2. The Morgan fingerprint density at radius 2 is 2.00 bits per heavy atom. The van der Waals surface area contributed by atoms with Crippen molar-refractivity contribution in [3.63, 3.8) is 0 Å². The molecule has 1 N–H and O–H groups in total. The molecule has 0 radical (unpaired) electrons. The molecule has 4 rings (SSSR count). The van der Waals surface area contributed by atoms with Crippen molar-refractivity contribution in [2.75, 3.05) is 19.6 Å². The third kappa shape index (κ3) is 4.53. The van der Waals surface area contributed by atoms with E-state index in [1.807, 2.05) is 0 Å². The van der Waals surface area contributed by atoms with Crippen molar-refractivity contribution in [2.45, 2.75) is 64.6 Å². The van der Waals surface area contributed by atoms with Crippen molar-refractivity contribution in [1.29, 1.82) is 0 Å². The standard InChI is InChI=1S/C26H37N5/c1-5-28-25(19(3)4)23-12-9-13-24(30(23)6-2)26-29-21-10-7-8-11-22(21)31(26)18-20-14-16-27-17-15-20/h5,7-8,10-11,20,23-24,27H,1,3,6,9,12-18H2,2,4H3. The highest BCUT2D eigenvalue weighted by Gasteiger charge is 2.36. The second kappa shape index (κ2) is 9.92. The molecule has 1 aromatic heterocycles. The minimum absolute atomic E-state index is 0.270. The highest BCUT2D eigenvalue weighted by molar-refractivity contribution is 6.03. The summed E-state index contributed by atoms with van der Waals surface area (Å²) >= 11 is 0. The maximum Gasteiger partial charge on any atom is 0.127 e. The number of rotatable bonds is 7. The first kappa shape index (κ1) is 22.0. The van der Waals surface area contributed by atoms with E-state index >= 15 is 0 Å². The third-order valence-corrected chi connectivity index (χ3v) is 6.99. The summed E-state index contributed by atoms with van der Waals surface area (Å²) in [5.74, 6) is 1.94. The average molecular weight is 420 g/mol. The quantitative estimate of drug-likeness (QED) is 0.634. The van der Waals surface area contributed by atoms with Crippen LogP contribution >= 0.6 is 0 Å². The van der Waals surface area contributed by atoms with Gasteiger partial charge in [0.25, 0.3) is 0 Å². The van der Waals surface area contributed by atoms with Crippen LogP contribution in [0.5, 0.6) is 0 Å². The molecule has 2 aromatic rings. The zero-order valence-electron chi connectivity index (χ0n) is 19.2. The first-order chi connectivity index (χ1) is 15.1. The molecule has 2 unspecified atom stereocenters. The molecule has 2 atom stereocenters. The van der Waals surface area contributed by atoms with Crippen LogP contribution < -0.4 is 5.32 Å². The van der Waals surface area contributed by atoms with Crippen molar-refractivity contribution >= 4 is 16.7 Å². The van der Waals surface area contributed by atoms with E-state index in [0.717, 1.165) is 55.8 Å². The van der Waals surface area contributed by atoms with Gasteiger partial charge in [-0.3, -0.25) is 9.89 Å². The molecule has 31 heavy (non-hydrogen) atoms. The van der Waals surface area contributed by atoms with Crippen LogP contribution in [0.2, 0.25) is 0 Å². The third-order valence-electron chi connectivity index (χ3n) is 6.99. The van der Waals surface area contributed by atoms with E-state index in [2.05, 4.69) is 71.0 Å². The van der Waals surface area contributed by atoms with Gasteiger partial charge in [0.15, 0.2) is 0 Å². The summed E-state index contributed by atoms with van der Waals surface area (Å²) in [5, 5.41) is 3.50. The van der Waals surface area contributed by atoms with Gasteiger partial charge in [0, 0.05) is 12.7 Å². The summed E-state index contributed by atoms with van der Waals surface area (Å²) < 4.78 is 2.53. The van der Waals surface area contributed by atoms with Crippen LogP contribution in [0.4, 0.5) is 0 Å². The Kier molecular flexibility index (Phi) is 7.03. The van der Waals surface area contributed by atoms with Gasteiger partial charge in [-0.05, 0) is 82.3 Å². The van der Waals surface area contributed by atoms with E-state index in [1.165, 1.54) is 30.6 Å². The second-order valence-electron chi connectivity index (χ2n) is 9.03. The summed E-state index contributed by atoms with van der Waals surface area (Å²) in [6.45, 7) is 16.7. The maximum atomic E-state index is 5.21. The lowest BCUT2D eigenvalue weighted by Crippen LogP contribution is -2.47. The number of hydrogen-bond acceptors (Lipinski definition) is 4. The van der Waals surface area contributed by atoms with Gasteiger partial charge in [-0.15, -0.1) is 0 Å². The molecule has 2 aliphatic rings. The molecule has 0 saturated carbocycles. The van der Waals surface area contributed by atoms with E-state index in [4.69, 9.17) is 4.98 Å². The molecule has 0 aliphatic carbocycles. The molecule has 1 aromatic carbocycles. The van der Waals surface area contributed by atoms with E-state index < -0.39 is 0 Å². The van der Waals surface area contributed by atoms with Crippen LogP contribution in [0.3, 0.4) is 0 Å². The molecular formula is C26H37N5. The number of nitrogens with one attached hydrogen (secondary N) is 1. The normalized spacial score (nSPS) is 23.9. The summed E-state index contributed by atoms with van der Waals surface area (Å²) in [7, 11) is 0. The molecule has 5 nitrogen and oxygen atoms in total. The molecular weight excluding hydrogens is 382 g/mol. The predicted octanol–water partition coefficient (Wildman–Crippen LogP) is 5.11. The van der Waals surface area contributed by atoms with E-state index in [1.54, 1.807) is 6.20 Å². The molecule has 5 heteroatoms. The van der Waals surface area contributed by atoms with Gasteiger partial charge in [-0.25, -0.2) is 4.98 Å². The summed E-state index contributed by atoms with van der Waals surface area (Å²) in [4.78, 5) is 12.4. The minimum Gasteiger partial charge on any atom is -0.326 e. The van der Waals surface area contributed by atoms with Gasteiger partial charge in [0.1, 0.15) is 5.82 Å². The lowest BCUT2D eigenvalue weighted by Gasteiger charge is -2.42. The summed E-state index contributed by atoms with van der Waals surface area (Å²) in [6.07, 6.45) is 7.56. The monoisotopic (exact) mass is 419 g/mol. The van der Waals surface area contributed by atoms with Crippen molar-refractivity contribution in [1.82, 2.24) is 19.8 Å². The number of fused-ring (bicyclic) bond motifs is 1. The summed E-state index contributed by atoms with van der Waals surface area (Å²) in [6, 6.07) is 9.21. The highest BCUT2D eigenvalue weighted by atomic mass is 15.2. The highest BCUT2D eigenvalue weighted by Crippen LogP contribution is 2.37. The fourth-order valence-corrected chi connectivity index (χ4v) is 5.51. The smallest absolute Gasteiger partial charge is 0.127 e. The Labute approximate surface area is 186 Å². The lowest BCUT2D eigenvalue weighted by atomic mass is 9.89. The molecule has 0 spiro atoms. The molecule has 2 saturated heterocycles. The van der Waals surface area contributed by atoms with Gasteiger partial charge in [-0.2, -0.15) is 0 Å². The van der Waals surface area contributed by atoms with Crippen molar-refractivity contribution < 1.29 is 0 Å². The molecule has 2 aliphatic heterocycles. The number of aliphatic imine (C=N–C) groups is 1. The van der Waals surface area contributed by atoms with Crippen molar-refractivity contribution in [3.05, 3.63) is 55.0 Å². The number of likely N-dealkylation sites (tertiary alicyclic amines) is 1. The zero-order valence-corrected chi connectivity index (χ0v) is 19.2. The summed E-state index contributed by atoms with van der Waals surface area (Å²) in [5.41, 5.74) is 4.49. The zero-order chi connectivity index (χ0) is 21.8. The maximum absolute atomic E-state index is 5.21. The van der Waals surface area contributed by atoms with Gasteiger partial charge in [0.2, 0.25) is 0 Å². The number of nitrogens with zero attached hydrogens (tertiary/aromatic N) is 4. The molecule has 0 amide bonds. The number of piperidine rings is 2. The van der Waals surface area contributed by atoms with Crippen molar-refractivity contribution in [2.24, 2.45) is 10.9 Å². The van der Waals surface area contributed by atoms with Gasteiger partial charge >= 0.3 is 0 Å². The number of benzene rings is 1. The molecule has 3 heterocycles. The molecule has 166 valence electrons. The van der Waals surface area contributed by atoms with Crippen molar-refractivity contribution in [3.8, 4) is 0 Å². The van der Waals surface area contributed by atoms with E-state index in [-0.39, 0.29) is 6.04 Å². The van der Waals surface area contributed by atoms with Crippen LogP contribution in [-0.2, 0) is 6.54 Å². The van der Waals surface area contributed by atoms with Crippen LogP contribution in [0.25, 0.3) is 11.0 Å². The second-order valence-corrected chi connectivity index (χ2v) is 9.03. The van der Waals surface area contributed by atoms with Crippen LogP contribution in [0.15, 0.2) is 54.2 Å². The Hall–Kier alpha value is -2.24. The number of hydrogen-bond donors (Lipinski definition) is 1. The first-order valence-corrected chi connectivity index (χ1v) is 11.9. The molecule has 0 bridgehead atoms. The Morgan fingerprint density at radius 3 is 2.71 bits per heavy atom. The number of imidazole rings is 1. The average Bonchev–Trinajstić information content (AvgIpc) is 3.15. The van der Waals surface area contributed by atoms with Crippen LogP contribution in [-0.4, -0.2) is 45.8 Å². The Balaban J connectivity index is 1.74. The molecule has 2 fully saturated rings. The van der Waals surface area contributed by atoms with E-state index in [0.29, 0.717) is 12.0 Å². The van der Waals surface area contributed by atoms with Gasteiger partial charge < -0.3 is 9.88 Å². The van der Waals surface area contributed by atoms with E-state index in [9.17, 15) is 0 Å². The Bertz CT molecular complexity index is 950. The fraction of sp³-hybridized carbons (Fsp3) is 0.538. The largest absolute Gasteiger partial charge is 0.326 e. The lowest BCUT2D eigenvalue weighted by molar-refractivity contribution is 0.116. The minimum atomic E-state index is 0.270. The number of para-hydroxylation sites is 2. The van der Waals surface area contributed by atoms with Crippen LogP contribution in [0.1, 0.15) is 57.8 Å².